The van der Waals surface area contributed by atoms with Gasteiger partial charge in [-0.3, -0.25) is 25.2 Å². The van der Waals surface area contributed by atoms with Crippen LogP contribution in [0.3, 0.4) is 0 Å². The summed E-state index contributed by atoms with van der Waals surface area (Å²) in [5.74, 6) is -0.0140. The second-order valence-corrected chi connectivity index (χ2v) is 8.26. The van der Waals surface area contributed by atoms with Crippen molar-refractivity contribution < 1.29 is 14.4 Å². The summed E-state index contributed by atoms with van der Waals surface area (Å²) in [4.78, 5) is 43.1. The van der Waals surface area contributed by atoms with Gasteiger partial charge in [-0.05, 0) is 32.0 Å². The second-order valence-electron chi connectivity index (χ2n) is 6.80. The lowest BCUT2D eigenvalue weighted by molar-refractivity contribution is -0.129. The van der Waals surface area contributed by atoms with Crippen LogP contribution in [0.25, 0.3) is 11.0 Å². The average Bonchev–Trinajstić information content (AvgIpc) is 3.23. The number of aromatic nitrogens is 2. The summed E-state index contributed by atoms with van der Waals surface area (Å²) in [5.41, 5.74) is 7.18. The quantitative estimate of drug-likeness (QED) is 0.461. The van der Waals surface area contributed by atoms with Crippen LogP contribution in [0.1, 0.15) is 45.7 Å². The van der Waals surface area contributed by atoms with Crippen LogP contribution in [-0.2, 0) is 22.6 Å². The Kier molecular flexibility index (Phi) is 6.43. The van der Waals surface area contributed by atoms with Crippen LogP contribution in [0.5, 0.6) is 0 Å². The van der Waals surface area contributed by atoms with E-state index in [0.29, 0.717) is 12.0 Å². The van der Waals surface area contributed by atoms with Crippen molar-refractivity contribution in [3.8, 4) is 0 Å². The number of hydrogen-bond acceptors (Lipinski definition) is 5. The SMILES string of the molecule is CCc1nc2ccccc2n1CC(=O)NNC(=O)CCC(=O)c1cc(C)sc1C. The van der Waals surface area contributed by atoms with E-state index in [4.69, 9.17) is 0 Å². The maximum Gasteiger partial charge on any atom is 0.258 e. The first-order chi connectivity index (χ1) is 13.9. The van der Waals surface area contributed by atoms with Gasteiger partial charge < -0.3 is 4.57 Å². The lowest BCUT2D eigenvalue weighted by Gasteiger charge is -2.10. The van der Waals surface area contributed by atoms with Crippen LogP contribution in [-0.4, -0.2) is 27.1 Å². The van der Waals surface area contributed by atoms with Crippen molar-refractivity contribution >= 4 is 40.0 Å². The molecule has 0 radical (unpaired) electrons. The summed E-state index contributed by atoms with van der Waals surface area (Å²) in [7, 11) is 0. The Labute approximate surface area is 173 Å². The number of hydrogen-bond donors (Lipinski definition) is 2. The molecule has 2 heterocycles. The van der Waals surface area contributed by atoms with Gasteiger partial charge in [0.2, 0.25) is 5.91 Å². The van der Waals surface area contributed by atoms with E-state index in [1.807, 2.05) is 55.7 Å². The van der Waals surface area contributed by atoms with Crippen LogP contribution in [0.2, 0.25) is 0 Å². The zero-order valence-electron chi connectivity index (χ0n) is 16.7. The van der Waals surface area contributed by atoms with E-state index in [0.717, 1.165) is 26.6 Å². The number of carbonyl (C=O) groups excluding carboxylic acids is 3. The fourth-order valence-electron chi connectivity index (χ4n) is 3.23. The van der Waals surface area contributed by atoms with Gasteiger partial charge in [0.05, 0.1) is 11.0 Å². The van der Waals surface area contributed by atoms with E-state index < -0.39 is 5.91 Å². The fourth-order valence-corrected chi connectivity index (χ4v) is 4.17. The van der Waals surface area contributed by atoms with Gasteiger partial charge in [-0.25, -0.2) is 4.98 Å². The highest BCUT2D eigenvalue weighted by Gasteiger charge is 2.15. The van der Waals surface area contributed by atoms with Gasteiger partial charge in [-0.1, -0.05) is 19.1 Å². The molecule has 29 heavy (non-hydrogen) atoms. The van der Waals surface area contributed by atoms with Crippen molar-refractivity contribution in [1.82, 2.24) is 20.4 Å². The highest BCUT2D eigenvalue weighted by Crippen LogP contribution is 2.22. The third kappa shape index (κ3) is 4.89. The van der Waals surface area contributed by atoms with Gasteiger partial charge in [0.1, 0.15) is 12.4 Å². The van der Waals surface area contributed by atoms with Crippen LogP contribution < -0.4 is 10.9 Å². The minimum Gasteiger partial charge on any atom is -0.318 e. The number of benzene rings is 1. The molecule has 8 heteroatoms. The molecule has 152 valence electrons. The molecule has 2 N–H and O–H groups in total. The number of imidazole rings is 1. The normalized spacial score (nSPS) is 10.9. The summed E-state index contributed by atoms with van der Waals surface area (Å²) in [6.07, 6.45) is 0.810. The predicted octanol–water partition coefficient (Wildman–Crippen LogP) is 3.09. The van der Waals surface area contributed by atoms with Gasteiger partial charge in [0, 0.05) is 34.6 Å². The first kappa shape index (κ1) is 20.7. The molecule has 2 aromatic heterocycles. The van der Waals surface area contributed by atoms with Crippen molar-refractivity contribution in [3.05, 3.63) is 51.5 Å². The number of nitrogens with one attached hydrogen (secondary N) is 2. The second kappa shape index (κ2) is 9.00. The molecule has 0 saturated heterocycles. The van der Waals surface area contributed by atoms with Crippen LogP contribution >= 0.6 is 11.3 Å². The molecule has 0 atom stereocenters. The number of ketones is 1. The third-order valence-electron chi connectivity index (χ3n) is 4.61. The molecule has 0 aliphatic heterocycles. The molecule has 0 spiro atoms. The molecule has 0 fully saturated rings. The average molecular weight is 413 g/mol. The third-order valence-corrected chi connectivity index (χ3v) is 5.58. The van der Waals surface area contributed by atoms with E-state index in [1.165, 1.54) is 0 Å². The van der Waals surface area contributed by atoms with Gasteiger partial charge in [-0.2, -0.15) is 0 Å². The number of aryl methyl sites for hydroxylation is 3. The fraction of sp³-hybridized carbons (Fsp3) is 0.333. The number of amides is 2. The van der Waals surface area contributed by atoms with Crippen molar-refractivity contribution in [2.75, 3.05) is 0 Å². The number of thiophene rings is 1. The summed E-state index contributed by atoms with van der Waals surface area (Å²) in [5, 5.41) is 0. The topological polar surface area (TPSA) is 93.1 Å². The minimum atomic E-state index is -0.400. The van der Waals surface area contributed by atoms with Crippen LogP contribution in [0.4, 0.5) is 0 Å². The predicted molar refractivity (Wildman–Crippen MR) is 113 cm³/mol. The van der Waals surface area contributed by atoms with E-state index in [9.17, 15) is 14.4 Å². The Balaban J connectivity index is 1.51. The number of hydrazine groups is 1. The van der Waals surface area contributed by atoms with E-state index in [-0.39, 0.29) is 31.1 Å². The number of Topliss-reactive ketones (excluding diaryl/α,β-unsaturated/α-hetero) is 1. The van der Waals surface area contributed by atoms with E-state index in [2.05, 4.69) is 15.8 Å². The highest BCUT2D eigenvalue weighted by molar-refractivity contribution is 7.12. The van der Waals surface area contributed by atoms with Crippen molar-refractivity contribution in [2.24, 2.45) is 0 Å². The van der Waals surface area contributed by atoms with Crippen molar-refractivity contribution in [2.45, 2.75) is 46.6 Å². The zero-order chi connectivity index (χ0) is 21.0. The van der Waals surface area contributed by atoms with Gasteiger partial charge in [-0.15, -0.1) is 11.3 Å². The number of para-hydroxylation sites is 2. The van der Waals surface area contributed by atoms with Crippen LogP contribution in [0.15, 0.2) is 30.3 Å². The summed E-state index contributed by atoms with van der Waals surface area (Å²) in [6, 6.07) is 9.46. The maximum absolute atomic E-state index is 12.3. The largest absolute Gasteiger partial charge is 0.318 e. The molecular weight excluding hydrogens is 388 g/mol. The lowest BCUT2D eigenvalue weighted by Crippen LogP contribution is -2.43. The summed E-state index contributed by atoms with van der Waals surface area (Å²) in [6.45, 7) is 5.88. The van der Waals surface area contributed by atoms with Gasteiger partial charge in [0.25, 0.3) is 5.91 Å². The molecule has 0 saturated carbocycles. The molecule has 3 aromatic rings. The first-order valence-corrected chi connectivity index (χ1v) is 10.3. The molecule has 0 aliphatic rings. The van der Waals surface area contributed by atoms with Crippen molar-refractivity contribution in [1.29, 1.82) is 0 Å². The Bertz CT molecular complexity index is 1070. The van der Waals surface area contributed by atoms with Crippen molar-refractivity contribution in [3.63, 3.8) is 0 Å². The number of carbonyl (C=O) groups is 3. The molecule has 2 amide bonds. The zero-order valence-corrected chi connectivity index (χ0v) is 17.6. The Morgan fingerprint density at radius 2 is 1.79 bits per heavy atom. The van der Waals surface area contributed by atoms with Gasteiger partial charge in [0.15, 0.2) is 5.78 Å². The van der Waals surface area contributed by atoms with Crippen LogP contribution in [0, 0.1) is 13.8 Å². The molecular formula is C21H24N4O3S. The summed E-state index contributed by atoms with van der Waals surface area (Å²) >= 11 is 1.57. The summed E-state index contributed by atoms with van der Waals surface area (Å²) < 4.78 is 1.84. The Morgan fingerprint density at radius 1 is 1.07 bits per heavy atom. The Morgan fingerprint density at radius 3 is 2.48 bits per heavy atom. The number of rotatable bonds is 7. The standard InChI is InChI=1S/C21H24N4O3S/c1-4-19-22-16-7-5-6-8-17(16)25(19)12-21(28)24-23-20(27)10-9-18(26)15-11-13(2)29-14(15)3/h5-8,11H,4,9-10,12H2,1-3H3,(H,23,27)(H,24,28). The minimum absolute atomic E-state index is 0.0155. The monoisotopic (exact) mass is 412 g/mol. The first-order valence-electron chi connectivity index (χ1n) is 9.51. The number of fused-ring (bicyclic) bond motifs is 1. The van der Waals surface area contributed by atoms with Gasteiger partial charge >= 0.3 is 0 Å². The Hall–Kier alpha value is -3.00. The van der Waals surface area contributed by atoms with E-state index >= 15 is 0 Å². The highest BCUT2D eigenvalue weighted by atomic mass is 32.1. The van der Waals surface area contributed by atoms with E-state index in [1.54, 1.807) is 11.3 Å². The maximum atomic E-state index is 12.3. The molecule has 0 unspecified atom stereocenters. The number of nitrogens with zero attached hydrogens (tertiary/aromatic N) is 2. The molecule has 0 bridgehead atoms. The lowest BCUT2D eigenvalue weighted by atomic mass is 10.1. The molecule has 3 rings (SSSR count). The molecule has 0 aliphatic carbocycles. The molecule has 7 nitrogen and oxygen atoms in total. The molecule has 1 aromatic carbocycles. The smallest absolute Gasteiger partial charge is 0.258 e.